The van der Waals surface area contributed by atoms with Gasteiger partial charge in [-0.1, -0.05) is 54.1 Å². The molecule has 1 aliphatic heterocycles. The Kier molecular flexibility index (Phi) is 4.96. The molecule has 0 saturated carbocycles. The molecule has 0 aliphatic carbocycles. The van der Waals surface area contributed by atoms with Crippen LogP contribution < -0.4 is 9.47 Å². The van der Waals surface area contributed by atoms with E-state index in [0.717, 1.165) is 11.1 Å². The molecule has 1 aliphatic rings. The van der Waals surface area contributed by atoms with Crippen molar-refractivity contribution in [2.24, 2.45) is 0 Å². The number of halogens is 1. The topological polar surface area (TPSA) is 52.6 Å². The summed E-state index contributed by atoms with van der Waals surface area (Å²) in [6, 6.07) is 21.2. The van der Waals surface area contributed by atoms with Crippen molar-refractivity contribution in [2.45, 2.75) is 6.42 Å². The van der Waals surface area contributed by atoms with Crippen molar-refractivity contribution in [2.75, 3.05) is 0 Å². The largest absolute Gasteiger partial charge is 0.452 e. The van der Waals surface area contributed by atoms with Gasteiger partial charge in [0.2, 0.25) is 5.78 Å². The lowest BCUT2D eigenvalue weighted by Gasteiger charge is -2.06. The molecule has 0 fully saturated rings. The van der Waals surface area contributed by atoms with Crippen molar-refractivity contribution in [1.29, 1.82) is 0 Å². The first-order valence-electron chi connectivity index (χ1n) is 8.67. The number of esters is 1. The summed E-state index contributed by atoms with van der Waals surface area (Å²) >= 11 is 5.98. The number of hydrogen-bond acceptors (Lipinski definition) is 4. The third kappa shape index (κ3) is 3.97. The fourth-order valence-electron chi connectivity index (χ4n) is 2.91. The Morgan fingerprint density at radius 3 is 2.61 bits per heavy atom. The Balaban J connectivity index is 1.50. The van der Waals surface area contributed by atoms with Crippen LogP contribution in [0, 0.1) is 0 Å². The molecule has 138 valence electrons. The summed E-state index contributed by atoms with van der Waals surface area (Å²) in [5.74, 6) is 0.284. The third-order valence-corrected chi connectivity index (χ3v) is 4.45. The van der Waals surface area contributed by atoms with Crippen molar-refractivity contribution >= 4 is 29.4 Å². The molecule has 4 nitrogen and oxygen atoms in total. The van der Waals surface area contributed by atoms with Gasteiger partial charge in [0.05, 0.1) is 12.0 Å². The number of carbonyl (C=O) groups excluding carboxylic acids is 2. The fourth-order valence-corrected chi connectivity index (χ4v) is 3.11. The Morgan fingerprint density at radius 2 is 1.82 bits per heavy atom. The van der Waals surface area contributed by atoms with E-state index >= 15 is 0 Å². The van der Waals surface area contributed by atoms with Gasteiger partial charge in [-0.15, -0.1) is 0 Å². The fraction of sp³-hybridized carbons (Fsp3) is 0.0435. The molecule has 4 rings (SSSR count). The summed E-state index contributed by atoms with van der Waals surface area (Å²) in [7, 11) is 0. The first-order valence-corrected chi connectivity index (χ1v) is 9.05. The number of carbonyl (C=O) groups is 2. The number of rotatable bonds is 4. The number of allylic oxidation sites excluding steroid dienone is 1. The monoisotopic (exact) mass is 390 g/mol. The maximum atomic E-state index is 12.5. The van der Waals surface area contributed by atoms with Crippen molar-refractivity contribution in [1.82, 2.24) is 0 Å². The van der Waals surface area contributed by atoms with Gasteiger partial charge in [-0.25, -0.2) is 0 Å². The zero-order chi connectivity index (χ0) is 19.5. The zero-order valence-electron chi connectivity index (χ0n) is 14.7. The van der Waals surface area contributed by atoms with Crippen LogP contribution in [-0.2, 0) is 11.2 Å². The summed E-state index contributed by atoms with van der Waals surface area (Å²) in [5.41, 5.74) is 2.06. The van der Waals surface area contributed by atoms with E-state index in [0.29, 0.717) is 22.1 Å². The summed E-state index contributed by atoms with van der Waals surface area (Å²) < 4.78 is 11.1. The van der Waals surface area contributed by atoms with Crippen LogP contribution in [0.25, 0.3) is 6.08 Å². The molecule has 0 atom stereocenters. The van der Waals surface area contributed by atoms with E-state index in [9.17, 15) is 9.59 Å². The summed E-state index contributed by atoms with van der Waals surface area (Å²) in [6.07, 6.45) is 1.80. The molecular formula is C23H15ClO4. The van der Waals surface area contributed by atoms with Crippen LogP contribution in [0.4, 0.5) is 0 Å². The van der Waals surface area contributed by atoms with Gasteiger partial charge in [-0.2, -0.15) is 0 Å². The van der Waals surface area contributed by atoms with Gasteiger partial charge >= 0.3 is 5.97 Å². The average molecular weight is 391 g/mol. The maximum absolute atomic E-state index is 12.5. The molecular weight excluding hydrogens is 376 g/mol. The van der Waals surface area contributed by atoms with Crippen molar-refractivity contribution in [3.05, 3.63) is 100 Å². The van der Waals surface area contributed by atoms with E-state index in [-0.39, 0.29) is 23.9 Å². The van der Waals surface area contributed by atoms with Crippen LogP contribution in [-0.4, -0.2) is 11.8 Å². The molecule has 0 saturated heterocycles. The third-order valence-electron chi connectivity index (χ3n) is 4.21. The van der Waals surface area contributed by atoms with Crippen molar-refractivity contribution < 1.29 is 19.1 Å². The highest BCUT2D eigenvalue weighted by Gasteiger charge is 2.28. The van der Waals surface area contributed by atoms with Gasteiger partial charge in [-0.05, 0) is 41.5 Å². The van der Waals surface area contributed by atoms with Crippen LogP contribution >= 0.6 is 11.6 Å². The normalized spacial score (nSPS) is 13.9. The van der Waals surface area contributed by atoms with Crippen molar-refractivity contribution in [3.8, 4) is 11.5 Å². The zero-order valence-corrected chi connectivity index (χ0v) is 15.5. The molecule has 3 aromatic rings. The molecule has 3 aromatic carbocycles. The second-order valence-corrected chi connectivity index (χ2v) is 6.73. The number of hydrogen-bond donors (Lipinski definition) is 0. The molecule has 5 heteroatoms. The van der Waals surface area contributed by atoms with Gasteiger partial charge in [0, 0.05) is 11.1 Å². The first-order chi connectivity index (χ1) is 13.6. The molecule has 0 unspecified atom stereocenters. The highest BCUT2D eigenvalue weighted by molar-refractivity contribution is 6.30. The summed E-state index contributed by atoms with van der Waals surface area (Å²) in [5, 5.41) is 0.574. The lowest BCUT2D eigenvalue weighted by molar-refractivity contribution is -0.133. The van der Waals surface area contributed by atoms with E-state index in [4.69, 9.17) is 21.1 Å². The van der Waals surface area contributed by atoms with Crippen LogP contribution in [0.5, 0.6) is 11.5 Å². The van der Waals surface area contributed by atoms with Crippen LogP contribution in [0.15, 0.2) is 78.6 Å². The number of ketones is 1. The second kappa shape index (κ2) is 7.71. The van der Waals surface area contributed by atoms with Crippen LogP contribution in [0.2, 0.25) is 5.02 Å². The van der Waals surface area contributed by atoms with Gasteiger partial charge in [0.15, 0.2) is 5.76 Å². The van der Waals surface area contributed by atoms with Gasteiger partial charge in [0.1, 0.15) is 11.5 Å². The predicted octanol–water partition coefficient (Wildman–Crippen LogP) is 5.10. The minimum atomic E-state index is -0.384. The average Bonchev–Trinajstić information content (AvgIpc) is 2.97. The summed E-state index contributed by atoms with van der Waals surface area (Å²) in [6.45, 7) is 0. The van der Waals surface area contributed by atoms with Gasteiger partial charge in [-0.3, -0.25) is 9.59 Å². The van der Waals surface area contributed by atoms with E-state index in [1.807, 2.05) is 36.4 Å². The number of benzene rings is 3. The van der Waals surface area contributed by atoms with Crippen molar-refractivity contribution in [3.63, 3.8) is 0 Å². The summed E-state index contributed by atoms with van der Waals surface area (Å²) in [4.78, 5) is 24.7. The molecule has 0 N–H and O–H groups in total. The number of fused-ring (bicyclic) bond motifs is 1. The SMILES string of the molecule is O=C(Cc1ccccc1)Oc1ccc2c(c1)O/C(=C\c1cccc(Cl)c1)C2=O. The Morgan fingerprint density at radius 1 is 1.00 bits per heavy atom. The van der Waals surface area contributed by atoms with Gasteiger partial charge in [0.25, 0.3) is 0 Å². The van der Waals surface area contributed by atoms with E-state index in [1.165, 1.54) is 0 Å². The molecule has 0 radical (unpaired) electrons. The Bertz CT molecular complexity index is 1090. The molecule has 0 spiro atoms. The molecule has 1 heterocycles. The Hall–Kier alpha value is -3.37. The van der Waals surface area contributed by atoms with Gasteiger partial charge < -0.3 is 9.47 Å². The minimum Gasteiger partial charge on any atom is -0.452 e. The maximum Gasteiger partial charge on any atom is 0.315 e. The molecule has 28 heavy (non-hydrogen) atoms. The predicted molar refractivity (Wildman–Crippen MR) is 107 cm³/mol. The smallest absolute Gasteiger partial charge is 0.315 e. The highest BCUT2D eigenvalue weighted by Crippen LogP contribution is 2.35. The number of ether oxygens (including phenoxy) is 2. The first kappa shape index (κ1) is 18.0. The van der Waals surface area contributed by atoms with Crippen LogP contribution in [0.3, 0.4) is 0 Å². The van der Waals surface area contributed by atoms with E-state index in [2.05, 4.69) is 0 Å². The quantitative estimate of drug-likeness (QED) is 0.353. The van der Waals surface area contributed by atoms with E-state index in [1.54, 1.807) is 42.5 Å². The highest BCUT2D eigenvalue weighted by atomic mass is 35.5. The molecule has 0 amide bonds. The van der Waals surface area contributed by atoms with Crippen LogP contribution in [0.1, 0.15) is 21.5 Å². The Labute approximate surface area is 167 Å². The second-order valence-electron chi connectivity index (χ2n) is 6.29. The van der Waals surface area contributed by atoms with E-state index < -0.39 is 0 Å². The molecule has 0 bridgehead atoms. The lowest BCUT2D eigenvalue weighted by Crippen LogP contribution is -2.11. The number of Topliss-reactive ketones (excluding diaryl/α,β-unsaturated/α-hetero) is 1. The lowest BCUT2D eigenvalue weighted by atomic mass is 10.1. The molecule has 0 aromatic heterocycles. The standard InChI is InChI=1S/C23H15ClO4/c24-17-8-4-7-16(11-17)12-21-23(26)19-10-9-18(14-20(19)28-21)27-22(25)13-15-5-2-1-3-6-15/h1-12,14H,13H2/b21-12-. The minimum absolute atomic E-state index is 0.164.